The fourth-order valence-electron chi connectivity index (χ4n) is 2.05. The molecule has 0 atom stereocenters. The zero-order chi connectivity index (χ0) is 18.4. The Hall–Kier alpha value is -2.79. The zero-order valence-electron chi connectivity index (χ0n) is 13.7. The van der Waals surface area contributed by atoms with E-state index in [1.807, 2.05) is 6.07 Å². The molecular weight excluding hydrogens is 344 g/mol. The first-order valence-electron chi connectivity index (χ1n) is 7.46. The van der Waals surface area contributed by atoms with Gasteiger partial charge in [0.2, 0.25) is 0 Å². The van der Waals surface area contributed by atoms with Crippen LogP contribution in [0.4, 0.5) is 4.79 Å². The predicted octanol–water partition coefficient (Wildman–Crippen LogP) is 2.58. The molecule has 1 aromatic carbocycles. The first-order chi connectivity index (χ1) is 11.9. The van der Waals surface area contributed by atoms with E-state index in [0.717, 1.165) is 16.7 Å². The maximum absolute atomic E-state index is 12.4. The number of carbonyl (C=O) groups excluding carboxylic acids is 3. The van der Waals surface area contributed by atoms with E-state index < -0.39 is 23.7 Å². The Morgan fingerprint density at radius 2 is 2.08 bits per heavy atom. The highest BCUT2D eigenvalue weighted by atomic mass is 32.2. The van der Waals surface area contributed by atoms with Crippen LogP contribution in [0.3, 0.4) is 0 Å². The van der Waals surface area contributed by atoms with Crippen molar-refractivity contribution in [1.29, 1.82) is 5.26 Å². The Morgan fingerprint density at radius 3 is 2.76 bits per heavy atom. The molecular formula is C17H16N2O5S. The molecule has 0 unspecified atom stereocenters. The number of nitriles is 1. The first kappa shape index (κ1) is 18.5. The third kappa shape index (κ3) is 4.84. The van der Waals surface area contributed by atoms with Crippen molar-refractivity contribution in [3.8, 4) is 11.8 Å². The maximum Gasteiger partial charge on any atom is 0.326 e. The summed E-state index contributed by atoms with van der Waals surface area (Å²) in [6, 6.07) is 8.71. The van der Waals surface area contributed by atoms with Crippen LogP contribution in [-0.4, -0.2) is 41.3 Å². The van der Waals surface area contributed by atoms with Crippen LogP contribution in [0.2, 0.25) is 0 Å². The lowest BCUT2D eigenvalue weighted by molar-refractivity contribution is -0.149. The number of nitrogens with zero attached hydrogens (tertiary/aromatic N) is 2. The van der Waals surface area contributed by atoms with Gasteiger partial charge < -0.3 is 9.47 Å². The van der Waals surface area contributed by atoms with Gasteiger partial charge in [-0.25, -0.2) is 0 Å². The van der Waals surface area contributed by atoms with E-state index >= 15 is 0 Å². The lowest BCUT2D eigenvalue weighted by Crippen LogP contribution is -2.35. The molecule has 0 aliphatic carbocycles. The number of rotatable bonds is 6. The van der Waals surface area contributed by atoms with Crippen molar-refractivity contribution in [1.82, 2.24) is 4.90 Å². The molecule has 1 aliphatic heterocycles. The van der Waals surface area contributed by atoms with Crippen LogP contribution in [-0.2, 0) is 14.3 Å². The van der Waals surface area contributed by atoms with E-state index in [-0.39, 0.29) is 17.6 Å². The van der Waals surface area contributed by atoms with Crippen LogP contribution < -0.4 is 4.74 Å². The van der Waals surface area contributed by atoms with Crippen molar-refractivity contribution < 1.29 is 23.9 Å². The minimum absolute atomic E-state index is 0.132. The van der Waals surface area contributed by atoms with Gasteiger partial charge in [0, 0.05) is 5.56 Å². The molecule has 7 nitrogen and oxygen atoms in total. The molecule has 0 bridgehead atoms. The quantitative estimate of drug-likeness (QED) is 0.568. The highest BCUT2D eigenvalue weighted by Crippen LogP contribution is 2.33. The van der Waals surface area contributed by atoms with Crippen molar-refractivity contribution in [2.75, 3.05) is 13.2 Å². The number of hydrogen-bond acceptors (Lipinski definition) is 7. The number of esters is 1. The number of amides is 2. The average molecular weight is 360 g/mol. The molecule has 25 heavy (non-hydrogen) atoms. The van der Waals surface area contributed by atoms with Gasteiger partial charge in [0.25, 0.3) is 11.1 Å². The summed E-state index contributed by atoms with van der Waals surface area (Å²) in [5, 5.41) is 8.08. The normalized spacial score (nSPS) is 15.6. The molecule has 8 heteroatoms. The van der Waals surface area contributed by atoms with E-state index in [9.17, 15) is 14.4 Å². The highest BCUT2D eigenvalue weighted by Gasteiger charge is 2.36. The molecule has 1 aliphatic rings. The Bertz CT molecular complexity index is 767. The smallest absolute Gasteiger partial charge is 0.326 e. The molecule has 1 heterocycles. The summed E-state index contributed by atoms with van der Waals surface area (Å²) in [6.45, 7) is 2.81. The summed E-state index contributed by atoms with van der Waals surface area (Å²) in [7, 11) is 0. The summed E-state index contributed by atoms with van der Waals surface area (Å²) >= 11 is 0.740. The van der Waals surface area contributed by atoms with Gasteiger partial charge in [-0.3, -0.25) is 19.3 Å². The van der Waals surface area contributed by atoms with Crippen LogP contribution in [0.25, 0.3) is 6.08 Å². The summed E-state index contributed by atoms with van der Waals surface area (Å²) in [5.74, 6) is -0.780. The molecule has 0 saturated carbocycles. The number of benzene rings is 1. The molecule has 2 amide bonds. The molecule has 2 rings (SSSR count). The lowest BCUT2D eigenvalue weighted by Gasteiger charge is -2.13. The van der Waals surface area contributed by atoms with Crippen LogP contribution in [0.5, 0.6) is 5.75 Å². The topological polar surface area (TPSA) is 96.7 Å². The Kier molecular flexibility index (Phi) is 6.19. The van der Waals surface area contributed by atoms with Gasteiger partial charge in [0.15, 0.2) is 6.61 Å². The molecule has 1 aromatic rings. The van der Waals surface area contributed by atoms with E-state index in [2.05, 4.69) is 0 Å². The molecule has 1 saturated heterocycles. The number of ether oxygens (including phenoxy) is 2. The summed E-state index contributed by atoms with van der Waals surface area (Å²) in [5.41, 5.74) is 0.563. The van der Waals surface area contributed by atoms with Crippen LogP contribution in [0.15, 0.2) is 29.2 Å². The average Bonchev–Trinajstić information content (AvgIpc) is 2.81. The lowest BCUT2D eigenvalue weighted by atomic mass is 10.2. The van der Waals surface area contributed by atoms with Crippen molar-refractivity contribution in [2.45, 2.75) is 20.0 Å². The van der Waals surface area contributed by atoms with Gasteiger partial charge in [0.1, 0.15) is 18.4 Å². The van der Waals surface area contributed by atoms with E-state index in [0.29, 0.717) is 11.3 Å². The fraction of sp³-hybridized carbons (Fsp3) is 0.294. The second-order valence-electron chi connectivity index (χ2n) is 5.29. The third-order valence-corrected chi connectivity index (χ3v) is 3.93. The first-order valence-corrected chi connectivity index (χ1v) is 8.27. The number of carbonyl (C=O) groups is 3. The minimum atomic E-state index is -0.642. The van der Waals surface area contributed by atoms with Crippen molar-refractivity contribution in [3.63, 3.8) is 0 Å². The van der Waals surface area contributed by atoms with Gasteiger partial charge in [-0.05, 0) is 37.8 Å². The summed E-state index contributed by atoms with van der Waals surface area (Å²) < 4.78 is 10.3. The summed E-state index contributed by atoms with van der Waals surface area (Å²) in [6.07, 6.45) is 1.18. The zero-order valence-corrected chi connectivity index (χ0v) is 14.5. The number of imide groups is 1. The van der Waals surface area contributed by atoms with Gasteiger partial charge in [-0.15, -0.1) is 0 Å². The van der Waals surface area contributed by atoms with Crippen LogP contribution in [0.1, 0.15) is 19.4 Å². The van der Waals surface area contributed by atoms with Crippen molar-refractivity contribution in [3.05, 3.63) is 34.7 Å². The van der Waals surface area contributed by atoms with Gasteiger partial charge in [-0.2, -0.15) is 5.26 Å². The summed E-state index contributed by atoms with van der Waals surface area (Å²) in [4.78, 5) is 37.1. The largest absolute Gasteiger partial charge is 0.478 e. The molecule has 130 valence electrons. The molecule has 0 radical (unpaired) electrons. The van der Waals surface area contributed by atoms with Crippen molar-refractivity contribution >= 4 is 35.0 Å². The predicted molar refractivity (Wildman–Crippen MR) is 91.5 cm³/mol. The highest BCUT2D eigenvalue weighted by molar-refractivity contribution is 8.18. The van der Waals surface area contributed by atoms with Gasteiger partial charge >= 0.3 is 5.97 Å². The second kappa shape index (κ2) is 8.35. The Labute approximate surface area is 149 Å². The number of para-hydroxylation sites is 1. The van der Waals surface area contributed by atoms with Gasteiger partial charge in [0.05, 0.1) is 11.0 Å². The Balaban J connectivity index is 2.18. The SMILES string of the molecule is CC(C)OC(=O)CN1C(=O)S/C(=C\c2ccccc2OCC#N)C1=O. The number of hydrogen-bond donors (Lipinski definition) is 0. The molecule has 0 N–H and O–H groups in total. The van der Waals surface area contributed by atoms with Crippen LogP contribution in [0, 0.1) is 11.3 Å². The minimum Gasteiger partial charge on any atom is -0.478 e. The monoisotopic (exact) mass is 360 g/mol. The van der Waals surface area contributed by atoms with E-state index in [1.165, 1.54) is 6.08 Å². The Morgan fingerprint density at radius 1 is 1.36 bits per heavy atom. The molecule has 1 fully saturated rings. The molecule has 0 aromatic heterocycles. The standard InChI is InChI=1S/C17H16N2O5S/c1-11(2)24-15(20)10-19-16(21)14(25-17(19)22)9-12-5-3-4-6-13(12)23-8-7-18/h3-6,9,11H,8,10H2,1-2H3/b14-9-. The number of thioether (sulfide) groups is 1. The fourth-order valence-corrected chi connectivity index (χ4v) is 2.88. The van der Waals surface area contributed by atoms with Crippen molar-refractivity contribution in [2.24, 2.45) is 0 Å². The second-order valence-corrected chi connectivity index (χ2v) is 6.28. The van der Waals surface area contributed by atoms with Crippen LogP contribution >= 0.6 is 11.8 Å². The maximum atomic E-state index is 12.4. The van der Waals surface area contributed by atoms with E-state index in [1.54, 1.807) is 38.1 Å². The third-order valence-electron chi connectivity index (χ3n) is 3.03. The molecule has 0 spiro atoms. The van der Waals surface area contributed by atoms with E-state index in [4.69, 9.17) is 14.7 Å². The van der Waals surface area contributed by atoms with Gasteiger partial charge in [-0.1, -0.05) is 18.2 Å².